The van der Waals surface area contributed by atoms with Crippen LogP contribution in [-0.2, 0) is 9.53 Å². The molecule has 20 heavy (non-hydrogen) atoms. The summed E-state index contributed by atoms with van der Waals surface area (Å²) in [6, 6.07) is 0.168. The maximum absolute atomic E-state index is 12.2. The predicted molar refractivity (Wildman–Crippen MR) is 85.4 cm³/mol. The van der Waals surface area contributed by atoms with Gasteiger partial charge in [0.25, 0.3) is 0 Å². The lowest BCUT2D eigenvalue weighted by atomic mass is 9.95. The molecule has 1 atom stereocenters. The Kier molecular flexibility index (Phi) is 5.00. The third-order valence-electron chi connectivity index (χ3n) is 3.74. The molecule has 2 aliphatic rings. The smallest absolute Gasteiger partial charge is 0.349 e. The fourth-order valence-corrected chi connectivity index (χ4v) is 4.58. The number of esters is 1. The van der Waals surface area contributed by atoms with E-state index in [0.717, 1.165) is 29.3 Å². The molecule has 0 amide bonds. The van der Waals surface area contributed by atoms with Crippen LogP contribution in [0.2, 0.25) is 0 Å². The van der Waals surface area contributed by atoms with E-state index in [-0.39, 0.29) is 18.1 Å². The van der Waals surface area contributed by atoms with E-state index in [1.54, 1.807) is 0 Å². The number of alkyl halides is 2. The van der Waals surface area contributed by atoms with E-state index < -0.39 is 10.3 Å². The van der Waals surface area contributed by atoms with E-state index in [2.05, 4.69) is 32.6 Å². The van der Waals surface area contributed by atoms with Gasteiger partial charge < -0.3 is 4.74 Å². The van der Waals surface area contributed by atoms with Gasteiger partial charge in [0, 0.05) is 30.0 Å². The van der Waals surface area contributed by atoms with Gasteiger partial charge in [0.05, 0.1) is 6.04 Å². The summed E-state index contributed by atoms with van der Waals surface area (Å²) in [4.78, 5) is 14.4. The first-order valence-corrected chi connectivity index (χ1v) is 8.85. The van der Waals surface area contributed by atoms with Crippen LogP contribution in [0.5, 0.6) is 0 Å². The van der Waals surface area contributed by atoms with Gasteiger partial charge in [-0.25, -0.2) is 4.79 Å². The lowest BCUT2D eigenvalue weighted by molar-refractivity contribution is -0.144. The highest BCUT2D eigenvalue weighted by Gasteiger charge is 2.54. The standard InChI is InChI=1S/C14H21Cl2NO2S/c1-8(2)17(9(3)4)12-10-7-20-6-5-11(10)19-13(18)14(12,15)16/h8-9,12H,5-7H2,1-4H3/t12-/m1/s1. The average Bonchev–Trinajstić information content (AvgIpc) is 2.34. The van der Waals surface area contributed by atoms with Crippen LogP contribution < -0.4 is 0 Å². The molecule has 0 fully saturated rings. The quantitative estimate of drug-likeness (QED) is 0.581. The first-order valence-electron chi connectivity index (χ1n) is 6.94. The molecule has 2 heterocycles. The fourth-order valence-electron chi connectivity index (χ4n) is 3.01. The van der Waals surface area contributed by atoms with Gasteiger partial charge in [-0.05, 0) is 33.3 Å². The molecular weight excluding hydrogens is 317 g/mol. The first-order chi connectivity index (χ1) is 9.26. The number of thioether (sulfide) groups is 1. The van der Waals surface area contributed by atoms with Crippen molar-refractivity contribution in [2.75, 3.05) is 11.5 Å². The molecular formula is C14H21Cl2NO2S. The summed E-state index contributed by atoms with van der Waals surface area (Å²) in [5.74, 6) is 2.04. The van der Waals surface area contributed by atoms with Gasteiger partial charge in [-0.15, -0.1) is 0 Å². The zero-order valence-corrected chi connectivity index (χ0v) is 14.6. The Hall–Kier alpha value is 0.1000. The van der Waals surface area contributed by atoms with Crippen molar-refractivity contribution < 1.29 is 9.53 Å². The van der Waals surface area contributed by atoms with Crippen LogP contribution in [0.1, 0.15) is 34.1 Å². The Morgan fingerprint density at radius 1 is 1.30 bits per heavy atom. The number of halogens is 2. The largest absolute Gasteiger partial charge is 0.429 e. The molecule has 2 rings (SSSR count). The molecule has 0 saturated carbocycles. The summed E-state index contributed by atoms with van der Waals surface area (Å²) in [6.45, 7) is 8.39. The molecule has 0 radical (unpaired) electrons. The van der Waals surface area contributed by atoms with E-state index in [0.29, 0.717) is 0 Å². The van der Waals surface area contributed by atoms with E-state index >= 15 is 0 Å². The molecule has 2 aliphatic heterocycles. The zero-order chi connectivity index (χ0) is 15.1. The minimum Gasteiger partial charge on any atom is -0.429 e. The SMILES string of the molecule is CC(C)N(C(C)C)[C@@H]1C2=C(CCSC2)OC(=O)C1(Cl)Cl. The summed E-state index contributed by atoms with van der Waals surface area (Å²) < 4.78 is 3.85. The van der Waals surface area contributed by atoms with Gasteiger partial charge >= 0.3 is 5.97 Å². The van der Waals surface area contributed by atoms with Gasteiger partial charge in [-0.2, -0.15) is 11.8 Å². The van der Waals surface area contributed by atoms with Crippen molar-refractivity contribution >= 4 is 40.9 Å². The maximum Gasteiger partial charge on any atom is 0.349 e. The van der Waals surface area contributed by atoms with E-state index in [4.69, 9.17) is 27.9 Å². The lowest BCUT2D eigenvalue weighted by Gasteiger charge is -2.47. The zero-order valence-electron chi connectivity index (χ0n) is 12.3. The summed E-state index contributed by atoms with van der Waals surface area (Å²) in [6.07, 6.45) is 0.774. The number of carbonyl (C=O) groups is 1. The number of rotatable bonds is 3. The third-order valence-corrected chi connectivity index (χ3v) is 5.47. The molecule has 114 valence electrons. The second-order valence-corrected chi connectivity index (χ2v) is 8.29. The van der Waals surface area contributed by atoms with Crippen molar-refractivity contribution in [3.8, 4) is 0 Å². The number of nitrogens with zero attached hydrogens (tertiary/aromatic N) is 1. The highest BCUT2D eigenvalue weighted by molar-refractivity contribution is 7.99. The summed E-state index contributed by atoms with van der Waals surface area (Å²) in [5, 5.41) is 0. The average molecular weight is 338 g/mol. The molecule has 0 saturated heterocycles. The van der Waals surface area contributed by atoms with E-state index in [9.17, 15) is 4.79 Å². The van der Waals surface area contributed by atoms with Crippen molar-refractivity contribution in [3.05, 3.63) is 11.3 Å². The molecule has 3 nitrogen and oxygen atoms in total. The van der Waals surface area contributed by atoms with Gasteiger partial charge in [0.15, 0.2) is 0 Å². The highest BCUT2D eigenvalue weighted by Crippen LogP contribution is 2.45. The highest BCUT2D eigenvalue weighted by atomic mass is 35.5. The van der Waals surface area contributed by atoms with Crippen LogP contribution in [0.4, 0.5) is 0 Å². The molecule has 0 aliphatic carbocycles. The molecule has 0 unspecified atom stereocenters. The molecule has 0 spiro atoms. The normalized spacial score (nSPS) is 26.2. The van der Waals surface area contributed by atoms with Gasteiger partial charge in [0.1, 0.15) is 5.76 Å². The third kappa shape index (κ3) is 2.85. The molecule has 6 heteroatoms. The lowest BCUT2D eigenvalue weighted by Crippen LogP contribution is -2.59. The topological polar surface area (TPSA) is 29.5 Å². The van der Waals surface area contributed by atoms with Crippen LogP contribution in [-0.4, -0.2) is 44.8 Å². The second-order valence-electron chi connectivity index (χ2n) is 5.80. The molecule has 0 aromatic rings. The molecule has 0 bridgehead atoms. The summed E-state index contributed by atoms with van der Waals surface area (Å²) >= 11 is 14.6. The van der Waals surface area contributed by atoms with Crippen molar-refractivity contribution in [1.82, 2.24) is 4.90 Å². The van der Waals surface area contributed by atoms with Crippen LogP contribution in [0.25, 0.3) is 0 Å². The Morgan fingerprint density at radius 3 is 2.45 bits per heavy atom. The maximum atomic E-state index is 12.2. The monoisotopic (exact) mass is 337 g/mol. The van der Waals surface area contributed by atoms with Crippen LogP contribution in [0.3, 0.4) is 0 Å². The minimum atomic E-state index is -1.54. The molecule has 0 aromatic heterocycles. The number of ether oxygens (including phenoxy) is 1. The first kappa shape index (κ1) is 16.5. The number of allylic oxidation sites excluding steroid dienone is 1. The van der Waals surface area contributed by atoms with Crippen molar-refractivity contribution in [2.45, 2.75) is 56.6 Å². The summed E-state index contributed by atoms with van der Waals surface area (Å²) in [5.41, 5.74) is 1.08. The molecule has 0 aromatic carbocycles. The van der Waals surface area contributed by atoms with Crippen LogP contribution in [0.15, 0.2) is 11.3 Å². The second kappa shape index (κ2) is 6.07. The molecule has 0 N–H and O–H groups in total. The number of hydrogen-bond acceptors (Lipinski definition) is 4. The summed E-state index contributed by atoms with van der Waals surface area (Å²) in [7, 11) is 0. The van der Waals surface area contributed by atoms with Crippen LogP contribution >= 0.6 is 35.0 Å². The Labute approximate surface area is 135 Å². The Balaban J connectivity index is 2.50. The van der Waals surface area contributed by atoms with Gasteiger partial charge in [-0.3, -0.25) is 4.90 Å². The van der Waals surface area contributed by atoms with Gasteiger partial charge in [0.2, 0.25) is 4.33 Å². The number of hydrogen-bond donors (Lipinski definition) is 0. The fraction of sp³-hybridized carbons (Fsp3) is 0.786. The van der Waals surface area contributed by atoms with Crippen LogP contribution in [0, 0.1) is 0 Å². The predicted octanol–water partition coefficient (Wildman–Crippen LogP) is 3.60. The van der Waals surface area contributed by atoms with Gasteiger partial charge in [-0.1, -0.05) is 23.2 Å². The van der Waals surface area contributed by atoms with E-state index in [1.807, 2.05) is 11.8 Å². The van der Waals surface area contributed by atoms with Crippen molar-refractivity contribution in [2.24, 2.45) is 0 Å². The minimum absolute atomic E-state index is 0.239. The number of carbonyl (C=O) groups excluding carboxylic acids is 1. The Morgan fingerprint density at radius 2 is 1.90 bits per heavy atom. The van der Waals surface area contributed by atoms with Crippen molar-refractivity contribution in [1.29, 1.82) is 0 Å². The van der Waals surface area contributed by atoms with E-state index in [1.165, 1.54) is 0 Å². The Bertz CT molecular complexity index is 427. The van der Waals surface area contributed by atoms with Crippen molar-refractivity contribution in [3.63, 3.8) is 0 Å².